The third-order valence-electron chi connectivity index (χ3n) is 3.74. The first-order chi connectivity index (χ1) is 12.5. The molecule has 134 valence electrons. The number of nitrogens with zero attached hydrogens (tertiary/aromatic N) is 1. The Balaban J connectivity index is 2.04. The van der Waals surface area contributed by atoms with Crippen molar-refractivity contribution in [2.45, 2.75) is 0 Å². The maximum absolute atomic E-state index is 12.3. The molecular formula is C19H16ClNO5. The minimum Gasteiger partial charge on any atom is -0.497 e. The Morgan fingerprint density at radius 2 is 1.73 bits per heavy atom. The molecule has 26 heavy (non-hydrogen) atoms. The van der Waals surface area contributed by atoms with Crippen molar-refractivity contribution in [3.63, 3.8) is 0 Å². The van der Waals surface area contributed by atoms with Gasteiger partial charge in [-0.15, -0.1) is 0 Å². The highest BCUT2D eigenvalue weighted by Crippen LogP contribution is 2.30. The summed E-state index contributed by atoms with van der Waals surface area (Å²) in [6, 6.07) is 10.2. The van der Waals surface area contributed by atoms with Crippen molar-refractivity contribution < 1.29 is 23.7 Å². The number of aliphatic imine (C=N–C) groups is 1. The van der Waals surface area contributed by atoms with Gasteiger partial charge in [0.05, 0.1) is 26.9 Å². The van der Waals surface area contributed by atoms with Gasteiger partial charge in [-0.2, -0.15) is 0 Å². The topological polar surface area (TPSA) is 66.3 Å². The van der Waals surface area contributed by atoms with Crippen molar-refractivity contribution in [1.82, 2.24) is 0 Å². The van der Waals surface area contributed by atoms with Gasteiger partial charge in [-0.25, -0.2) is 9.79 Å². The van der Waals surface area contributed by atoms with Gasteiger partial charge in [-0.3, -0.25) is 0 Å². The lowest BCUT2D eigenvalue weighted by Crippen LogP contribution is -2.07. The molecule has 1 heterocycles. The zero-order valence-electron chi connectivity index (χ0n) is 14.4. The molecule has 0 N–H and O–H groups in total. The van der Waals surface area contributed by atoms with Crippen LogP contribution in [-0.2, 0) is 9.53 Å². The van der Waals surface area contributed by atoms with Gasteiger partial charge >= 0.3 is 5.97 Å². The molecule has 2 aromatic rings. The Morgan fingerprint density at radius 1 is 1.00 bits per heavy atom. The van der Waals surface area contributed by atoms with E-state index in [9.17, 15) is 4.79 Å². The van der Waals surface area contributed by atoms with Crippen LogP contribution < -0.4 is 14.2 Å². The SMILES string of the molecule is COc1ccc(OC)c(C=C2N=C(c3cc(Cl)ccc3OC)OC2=O)c1. The van der Waals surface area contributed by atoms with Crippen molar-refractivity contribution in [3.05, 3.63) is 58.2 Å². The number of rotatable bonds is 5. The first-order valence-electron chi connectivity index (χ1n) is 7.64. The van der Waals surface area contributed by atoms with E-state index >= 15 is 0 Å². The van der Waals surface area contributed by atoms with Gasteiger partial charge in [0.2, 0.25) is 5.90 Å². The molecule has 6 nitrogen and oxygen atoms in total. The average Bonchev–Trinajstić information content (AvgIpc) is 3.02. The van der Waals surface area contributed by atoms with Gasteiger partial charge in [0.25, 0.3) is 0 Å². The summed E-state index contributed by atoms with van der Waals surface area (Å²) in [4.78, 5) is 16.5. The first-order valence-corrected chi connectivity index (χ1v) is 8.02. The molecule has 7 heteroatoms. The summed E-state index contributed by atoms with van der Waals surface area (Å²) in [5.74, 6) is 1.26. The largest absolute Gasteiger partial charge is 0.497 e. The molecular weight excluding hydrogens is 358 g/mol. The van der Waals surface area contributed by atoms with E-state index in [0.717, 1.165) is 0 Å². The van der Waals surface area contributed by atoms with Crippen LogP contribution in [0.4, 0.5) is 0 Å². The Hall–Kier alpha value is -2.99. The highest BCUT2D eigenvalue weighted by molar-refractivity contribution is 6.31. The molecule has 0 aliphatic carbocycles. The van der Waals surface area contributed by atoms with E-state index in [1.165, 1.54) is 7.11 Å². The third-order valence-corrected chi connectivity index (χ3v) is 3.98. The second kappa shape index (κ2) is 7.49. The minimum absolute atomic E-state index is 0.127. The monoisotopic (exact) mass is 373 g/mol. The predicted molar refractivity (Wildman–Crippen MR) is 98.2 cm³/mol. The highest BCUT2D eigenvalue weighted by Gasteiger charge is 2.27. The Labute approximate surface area is 155 Å². The van der Waals surface area contributed by atoms with Gasteiger partial charge in [0.15, 0.2) is 5.70 Å². The van der Waals surface area contributed by atoms with Crippen LogP contribution in [0.1, 0.15) is 11.1 Å². The number of carbonyl (C=O) groups excluding carboxylic acids is 1. The number of esters is 1. The number of carbonyl (C=O) groups is 1. The Bertz CT molecular complexity index is 920. The van der Waals surface area contributed by atoms with Gasteiger partial charge in [0, 0.05) is 10.6 Å². The van der Waals surface area contributed by atoms with Gasteiger partial charge in [0.1, 0.15) is 17.2 Å². The minimum atomic E-state index is -0.577. The first kappa shape index (κ1) is 17.8. The van der Waals surface area contributed by atoms with Gasteiger partial charge in [-0.1, -0.05) is 11.6 Å². The fourth-order valence-electron chi connectivity index (χ4n) is 2.47. The van der Waals surface area contributed by atoms with Gasteiger partial charge in [-0.05, 0) is 42.5 Å². The van der Waals surface area contributed by atoms with Crippen molar-refractivity contribution in [3.8, 4) is 17.2 Å². The summed E-state index contributed by atoms with van der Waals surface area (Å²) in [6.07, 6.45) is 1.58. The Morgan fingerprint density at radius 3 is 2.42 bits per heavy atom. The molecule has 0 unspecified atom stereocenters. The number of halogens is 1. The standard InChI is InChI=1S/C19H16ClNO5/c1-23-13-5-7-16(24-2)11(8-13)9-15-19(22)26-18(21-15)14-10-12(20)4-6-17(14)25-3/h4-10H,1-3H3. The summed E-state index contributed by atoms with van der Waals surface area (Å²) >= 11 is 6.03. The number of cyclic esters (lactones) is 1. The molecule has 0 atom stereocenters. The van der Waals surface area contributed by atoms with Crippen molar-refractivity contribution in [1.29, 1.82) is 0 Å². The van der Waals surface area contributed by atoms with Crippen LogP contribution in [0.3, 0.4) is 0 Å². The van der Waals surface area contributed by atoms with Crippen molar-refractivity contribution in [2.24, 2.45) is 4.99 Å². The van der Waals surface area contributed by atoms with Crippen LogP contribution in [0, 0.1) is 0 Å². The van der Waals surface area contributed by atoms with Gasteiger partial charge < -0.3 is 18.9 Å². The summed E-state index contributed by atoms with van der Waals surface area (Å²) in [7, 11) is 4.62. The van der Waals surface area contributed by atoms with Crippen molar-refractivity contribution >= 4 is 29.5 Å². The number of ether oxygens (including phenoxy) is 4. The van der Waals surface area contributed by atoms with E-state index in [0.29, 0.717) is 33.4 Å². The maximum Gasteiger partial charge on any atom is 0.363 e. The molecule has 0 fully saturated rings. The second-order valence-electron chi connectivity index (χ2n) is 5.29. The number of methoxy groups -OCH3 is 3. The lowest BCUT2D eigenvalue weighted by atomic mass is 10.1. The second-order valence-corrected chi connectivity index (χ2v) is 5.72. The van der Waals surface area contributed by atoms with Crippen LogP contribution in [0.5, 0.6) is 17.2 Å². The van der Waals surface area contributed by atoms with Crippen LogP contribution in [-0.4, -0.2) is 33.2 Å². The van der Waals surface area contributed by atoms with Crippen LogP contribution >= 0.6 is 11.6 Å². The highest BCUT2D eigenvalue weighted by atomic mass is 35.5. The van der Waals surface area contributed by atoms with Crippen LogP contribution in [0.25, 0.3) is 6.08 Å². The number of hydrogen-bond donors (Lipinski definition) is 0. The lowest BCUT2D eigenvalue weighted by molar-refractivity contribution is -0.129. The Kier molecular flexibility index (Phi) is 5.14. The maximum atomic E-state index is 12.3. The summed E-state index contributed by atoms with van der Waals surface area (Å²) in [6.45, 7) is 0. The molecule has 0 radical (unpaired) electrons. The average molecular weight is 374 g/mol. The molecule has 0 spiro atoms. The third kappa shape index (κ3) is 3.50. The summed E-state index contributed by atoms with van der Waals surface area (Å²) < 4.78 is 21.1. The van der Waals surface area contributed by atoms with Crippen molar-refractivity contribution in [2.75, 3.05) is 21.3 Å². The number of hydrogen-bond acceptors (Lipinski definition) is 6. The van der Waals surface area contributed by atoms with E-state index < -0.39 is 5.97 Å². The van der Waals surface area contributed by atoms with Crippen LogP contribution in [0.2, 0.25) is 5.02 Å². The molecule has 1 aliphatic rings. The van der Waals surface area contributed by atoms with E-state index in [1.54, 1.807) is 56.7 Å². The molecule has 2 aromatic carbocycles. The normalized spacial score (nSPS) is 14.8. The van der Waals surface area contributed by atoms with E-state index in [1.807, 2.05) is 0 Å². The molecule has 1 aliphatic heterocycles. The summed E-state index contributed by atoms with van der Waals surface area (Å²) in [5, 5.41) is 0.478. The lowest BCUT2D eigenvalue weighted by Gasteiger charge is -2.07. The smallest absolute Gasteiger partial charge is 0.363 e. The molecule has 0 saturated heterocycles. The van der Waals surface area contributed by atoms with Crippen LogP contribution in [0.15, 0.2) is 47.1 Å². The fraction of sp³-hybridized carbons (Fsp3) is 0.158. The molecule has 0 amide bonds. The quantitative estimate of drug-likeness (QED) is 0.590. The molecule has 0 aromatic heterocycles. The number of benzene rings is 2. The summed E-state index contributed by atoms with van der Waals surface area (Å²) in [5.41, 5.74) is 1.27. The van der Waals surface area contributed by atoms with E-state index in [-0.39, 0.29) is 11.6 Å². The van der Waals surface area contributed by atoms with E-state index in [2.05, 4.69) is 4.99 Å². The van der Waals surface area contributed by atoms with E-state index in [4.69, 9.17) is 30.5 Å². The molecule has 3 rings (SSSR count). The molecule has 0 saturated carbocycles. The zero-order chi connectivity index (χ0) is 18.7. The fourth-order valence-corrected chi connectivity index (χ4v) is 2.64. The predicted octanol–water partition coefficient (Wildman–Crippen LogP) is 3.71. The molecule has 0 bridgehead atoms. The zero-order valence-corrected chi connectivity index (χ0v) is 15.2.